The van der Waals surface area contributed by atoms with E-state index in [-0.39, 0.29) is 11.0 Å². The highest BCUT2D eigenvalue weighted by Crippen LogP contribution is 2.25. The van der Waals surface area contributed by atoms with Crippen LogP contribution in [0.3, 0.4) is 0 Å². The van der Waals surface area contributed by atoms with Crippen molar-refractivity contribution in [2.75, 3.05) is 50.7 Å². The molecule has 0 radical (unpaired) electrons. The van der Waals surface area contributed by atoms with E-state index >= 15 is 0 Å². The third-order valence-corrected chi connectivity index (χ3v) is 6.13. The molecular formula is C21H40N6O. The van der Waals surface area contributed by atoms with Crippen LogP contribution in [-0.4, -0.2) is 60.7 Å². The summed E-state index contributed by atoms with van der Waals surface area (Å²) in [4.78, 5) is 24.9. The fourth-order valence-electron chi connectivity index (χ4n) is 3.77. The number of aromatic amines is 1. The highest BCUT2D eigenvalue weighted by atomic mass is 16.1. The van der Waals surface area contributed by atoms with Gasteiger partial charge in [0.2, 0.25) is 0 Å². The van der Waals surface area contributed by atoms with Gasteiger partial charge in [0.15, 0.2) is 0 Å². The molecule has 1 saturated heterocycles. The van der Waals surface area contributed by atoms with Gasteiger partial charge in [-0.15, -0.1) is 0 Å². The zero-order chi connectivity index (χ0) is 20.6. The first-order chi connectivity index (χ1) is 13.4. The molecule has 2 heterocycles. The molecule has 7 nitrogen and oxygen atoms in total. The average Bonchev–Trinajstić information content (AvgIpc) is 2.70. The van der Waals surface area contributed by atoms with E-state index in [1.807, 2.05) is 0 Å². The quantitative estimate of drug-likeness (QED) is 0.529. The van der Waals surface area contributed by atoms with Crippen LogP contribution >= 0.6 is 0 Å². The van der Waals surface area contributed by atoms with Crippen molar-refractivity contribution in [3.05, 3.63) is 22.4 Å². The predicted octanol–water partition coefficient (Wildman–Crippen LogP) is 1.67. The van der Waals surface area contributed by atoms with Gasteiger partial charge < -0.3 is 26.3 Å². The molecule has 2 rings (SSSR count). The summed E-state index contributed by atoms with van der Waals surface area (Å²) in [6, 6.07) is 0. The van der Waals surface area contributed by atoms with Gasteiger partial charge in [0.25, 0.3) is 5.56 Å². The molecule has 1 aliphatic heterocycles. The summed E-state index contributed by atoms with van der Waals surface area (Å²) in [5.74, 6) is 1.44. The largest absolute Gasteiger partial charge is 0.366 e. The molecule has 0 saturated carbocycles. The second-order valence-corrected chi connectivity index (χ2v) is 8.70. The van der Waals surface area contributed by atoms with Crippen LogP contribution in [-0.2, 0) is 5.41 Å². The van der Waals surface area contributed by atoms with E-state index in [1.54, 1.807) is 6.20 Å². The molecule has 0 aromatic carbocycles. The second-order valence-electron chi connectivity index (χ2n) is 8.70. The zero-order valence-corrected chi connectivity index (χ0v) is 18.0. The fourth-order valence-corrected chi connectivity index (χ4v) is 3.77. The van der Waals surface area contributed by atoms with Gasteiger partial charge in [-0.1, -0.05) is 20.8 Å². The minimum absolute atomic E-state index is 0.0162. The number of nitrogens with one attached hydrogen (secondary N) is 1. The van der Waals surface area contributed by atoms with Gasteiger partial charge in [-0.2, -0.15) is 0 Å². The van der Waals surface area contributed by atoms with Crippen LogP contribution in [0.4, 0.5) is 5.69 Å². The Kier molecular flexibility index (Phi) is 8.92. The van der Waals surface area contributed by atoms with Crippen LogP contribution in [0.25, 0.3) is 0 Å². The van der Waals surface area contributed by atoms with Crippen LogP contribution in [0, 0.1) is 5.92 Å². The van der Waals surface area contributed by atoms with Crippen LogP contribution in [0.5, 0.6) is 0 Å². The minimum atomic E-state index is -0.110. The van der Waals surface area contributed by atoms with Crippen LogP contribution in [0.15, 0.2) is 11.0 Å². The summed E-state index contributed by atoms with van der Waals surface area (Å²) >= 11 is 0. The van der Waals surface area contributed by atoms with E-state index in [0.717, 1.165) is 83.7 Å². The molecule has 160 valence electrons. The van der Waals surface area contributed by atoms with E-state index in [1.165, 1.54) is 0 Å². The first kappa shape index (κ1) is 22.8. The molecule has 28 heavy (non-hydrogen) atoms. The second kappa shape index (κ2) is 10.9. The molecule has 1 aromatic rings. The molecule has 1 aromatic heterocycles. The van der Waals surface area contributed by atoms with Crippen molar-refractivity contribution >= 4 is 5.69 Å². The lowest BCUT2D eigenvalue weighted by atomic mass is 9.89. The van der Waals surface area contributed by atoms with Gasteiger partial charge in [-0.25, -0.2) is 4.98 Å². The number of hydrogen-bond donors (Lipinski definition) is 3. The molecule has 0 aliphatic carbocycles. The van der Waals surface area contributed by atoms with Crippen molar-refractivity contribution in [1.29, 1.82) is 0 Å². The van der Waals surface area contributed by atoms with E-state index in [9.17, 15) is 4.79 Å². The standard InChI is InChI=1S/C21H40N6O/c1-4-21(2,3)20-24-15-18(19(28)25-20)27-13-7-17(8-14-27)16-26(11-5-9-22)12-6-10-23/h15,17H,4-14,16,22-23H2,1-3H3,(H,24,25,28). The molecule has 0 unspecified atom stereocenters. The number of nitrogens with zero attached hydrogens (tertiary/aromatic N) is 3. The predicted molar refractivity (Wildman–Crippen MR) is 117 cm³/mol. The van der Waals surface area contributed by atoms with Gasteiger partial charge in [0.05, 0.1) is 6.20 Å². The van der Waals surface area contributed by atoms with Crippen molar-refractivity contribution in [2.45, 2.75) is 58.3 Å². The van der Waals surface area contributed by atoms with Crippen molar-refractivity contribution in [3.63, 3.8) is 0 Å². The molecule has 1 aliphatic rings. The first-order valence-corrected chi connectivity index (χ1v) is 10.9. The number of aromatic nitrogens is 2. The Morgan fingerprint density at radius 3 is 2.32 bits per heavy atom. The van der Waals surface area contributed by atoms with Gasteiger partial charge in [-0.3, -0.25) is 4.79 Å². The molecule has 1 fully saturated rings. The lowest BCUT2D eigenvalue weighted by Crippen LogP contribution is -2.41. The Morgan fingerprint density at radius 1 is 1.21 bits per heavy atom. The van der Waals surface area contributed by atoms with Crippen molar-refractivity contribution < 1.29 is 0 Å². The summed E-state index contributed by atoms with van der Waals surface area (Å²) in [6.07, 6.45) is 6.97. The van der Waals surface area contributed by atoms with Crippen LogP contribution in [0.1, 0.15) is 58.7 Å². The number of piperidine rings is 1. The number of hydrogen-bond acceptors (Lipinski definition) is 6. The fraction of sp³-hybridized carbons (Fsp3) is 0.810. The topological polar surface area (TPSA) is 104 Å². The summed E-state index contributed by atoms with van der Waals surface area (Å²) in [7, 11) is 0. The summed E-state index contributed by atoms with van der Waals surface area (Å²) in [6.45, 7) is 12.8. The zero-order valence-electron chi connectivity index (χ0n) is 18.0. The Labute approximate surface area is 169 Å². The number of nitrogens with two attached hydrogens (primary N) is 2. The maximum absolute atomic E-state index is 12.6. The van der Waals surface area contributed by atoms with Gasteiger partial charge in [0.1, 0.15) is 11.5 Å². The summed E-state index contributed by atoms with van der Waals surface area (Å²) in [5.41, 5.74) is 11.9. The highest BCUT2D eigenvalue weighted by Gasteiger charge is 2.25. The lowest BCUT2D eigenvalue weighted by molar-refractivity contribution is 0.209. The SMILES string of the molecule is CCC(C)(C)c1ncc(N2CCC(CN(CCCN)CCCN)CC2)c(=O)[nH]1. The molecular weight excluding hydrogens is 352 g/mol. The molecule has 7 heteroatoms. The van der Waals surface area contributed by atoms with Crippen molar-refractivity contribution in [3.8, 4) is 0 Å². The highest BCUT2D eigenvalue weighted by molar-refractivity contribution is 5.42. The van der Waals surface area contributed by atoms with Gasteiger partial charge in [0, 0.05) is 25.0 Å². The summed E-state index contributed by atoms with van der Waals surface area (Å²) in [5, 5.41) is 0. The molecule has 0 atom stereocenters. The van der Waals surface area contributed by atoms with E-state index in [0.29, 0.717) is 11.6 Å². The summed E-state index contributed by atoms with van der Waals surface area (Å²) < 4.78 is 0. The van der Waals surface area contributed by atoms with Crippen molar-refractivity contribution in [2.24, 2.45) is 17.4 Å². The monoisotopic (exact) mass is 392 g/mol. The maximum atomic E-state index is 12.6. The molecule has 0 amide bonds. The van der Waals surface area contributed by atoms with Gasteiger partial charge in [-0.05, 0) is 64.2 Å². The average molecular weight is 393 g/mol. The van der Waals surface area contributed by atoms with E-state index in [4.69, 9.17) is 11.5 Å². The normalized spacial score (nSPS) is 16.1. The third kappa shape index (κ3) is 6.29. The Morgan fingerprint density at radius 2 is 1.82 bits per heavy atom. The third-order valence-electron chi connectivity index (χ3n) is 6.13. The van der Waals surface area contributed by atoms with Gasteiger partial charge >= 0.3 is 0 Å². The molecule has 0 bridgehead atoms. The number of anilines is 1. The smallest absolute Gasteiger partial charge is 0.274 e. The molecule has 5 N–H and O–H groups in total. The van der Waals surface area contributed by atoms with E-state index < -0.39 is 0 Å². The first-order valence-electron chi connectivity index (χ1n) is 10.9. The Bertz CT molecular complexity index is 628. The maximum Gasteiger partial charge on any atom is 0.274 e. The van der Waals surface area contributed by atoms with Crippen LogP contribution in [0.2, 0.25) is 0 Å². The Balaban J connectivity index is 1.93. The minimum Gasteiger partial charge on any atom is -0.366 e. The number of rotatable bonds is 11. The Hall–Kier alpha value is -1.44. The number of H-pyrrole nitrogens is 1. The lowest BCUT2D eigenvalue weighted by Gasteiger charge is -2.35. The van der Waals surface area contributed by atoms with E-state index in [2.05, 4.69) is 40.5 Å². The molecule has 0 spiro atoms. The van der Waals surface area contributed by atoms with Crippen molar-refractivity contribution in [1.82, 2.24) is 14.9 Å². The van der Waals surface area contributed by atoms with Crippen LogP contribution < -0.4 is 21.9 Å².